The van der Waals surface area contributed by atoms with E-state index in [1.165, 1.54) is 0 Å². The van der Waals surface area contributed by atoms with Crippen LogP contribution >= 0.6 is 24.8 Å². The molecule has 0 atom stereocenters. The van der Waals surface area contributed by atoms with Crippen molar-refractivity contribution >= 4 is 58.7 Å². The van der Waals surface area contributed by atoms with Gasteiger partial charge in [-0.15, -0.1) is 12.6 Å². The second kappa shape index (κ2) is 18.0. The van der Waals surface area contributed by atoms with E-state index in [0.29, 0.717) is 4.32 Å². The number of rotatable bonds is 2. The second-order valence-electron chi connectivity index (χ2n) is 1.45. The fourth-order valence-electron chi connectivity index (χ4n) is 0.494. The molecule has 0 rings (SSSR count). The summed E-state index contributed by atoms with van der Waals surface area (Å²) in [5.41, 5.74) is 0. The SMILES string of the molecule is CCN(CC)C(=S)S.O.O.O.[NaH]. The Morgan fingerprint density at radius 3 is 1.42 bits per heavy atom. The van der Waals surface area contributed by atoms with Crippen molar-refractivity contribution in [2.75, 3.05) is 13.1 Å². The van der Waals surface area contributed by atoms with E-state index in [1.54, 1.807) is 0 Å². The standard InChI is InChI=1S/C5H11NS2.Na.3H2O.H/c1-3-6(4-2)5(7)8;;;;;/h3-4H2,1-2H3,(H,7,8);;3*1H2;. The first-order valence-electron chi connectivity index (χ1n) is 2.70. The summed E-state index contributed by atoms with van der Waals surface area (Å²) in [6, 6.07) is 0. The van der Waals surface area contributed by atoms with Crippen molar-refractivity contribution in [3.63, 3.8) is 0 Å². The van der Waals surface area contributed by atoms with Crippen molar-refractivity contribution in [3.05, 3.63) is 0 Å². The van der Waals surface area contributed by atoms with Gasteiger partial charge in [0.1, 0.15) is 4.32 Å². The summed E-state index contributed by atoms with van der Waals surface area (Å²) in [5.74, 6) is 0. The molecule has 0 fully saturated rings. The van der Waals surface area contributed by atoms with E-state index in [2.05, 4.69) is 26.5 Å². The normalized spacial score (nSPS) is 5.92. The third-order valence-corrected chi connectivity index (χ3v) is 1.58. The van der Waals surface area contributed by atoms with Crippen LogP contribution in [0.4, 0.5) is 0 Å². The van der Waals surface area contributed by atoms with Gasteiger partial charge in [0, 0.05) is 13.1 Å². The molecule has 0 unspecified atom stereocenters. The van der Waals surface area contributed by atoms with Crippen molar-refractivity contribution in [1.29, 1.82) is 0 Å². The molecule has 0 spiro atoms. The molecule has 0 aliphatic heterocycles. The zero-order valence-corrected chi connectivity index (χ0v) is 8.43. The Morgan fingerprint density at radius 2 is 1.42 bits per heavy atom. The summed E-state index contributed by atoms with van der Waals surface area (Å²) in [7, 11) is 0. The molecule has 74 valence electrons. The van der Waals surface area contributed by atoms with E-state index in [9.17, 15) is 0 Å². The third kappa shape index (κ3) is 13.7. The van der Waals surface area contributed by atoms with Crippen molar-refractivity contribution in [2.45, 2.75) is 13.8 Å². The van der Waals surface area contributed by atoms with Crippen LogP contribution in [0.3, 0.4) is 0 Å². The van der Waals surface area contributed by atoms with Crippen molar-refractivity contribution in [2.24, 2.45) is 0 Å². The zero-order valence-electron chi connectivity index (χ0n) is 6.72. The van der Waals surface area contributed by atoms with Gasteiger partial charge in [-0.2, -0.15) is 0 Å². The molecule has 0 bridgehead atoms. The molecule has 0 amide bonds. The van der Waals surface area contributed by atoms with E-state index >= 15 is 0 Å². The monoisotopic (exact) mass is 227 g/mol. The van der Waals surface area contributed by atoms with Crippen LogP contribution in [-0.2, 0) is 0 Å². The Morgan fingerprint density at radius 1 is 1.17 bits per heavy atom. The molecule has 0 aliphatic rings. The van der Waals surface area contributed by atoms with E-state index in [4.69, 9.17) is 12.2 Å². The van der Waals surface area contributed by atoms with E-state index < -0.39 is 0 Å². The minimum atomic E-state index is 0. The molecular weight excluding hydrogens is 209 g/mol. The molecule has 4 nitrogen and oxygen atoms in total. The van der Waals surface area contributed by atoms with Gasteiger partial charge in [-0.05, 0) is 13.8 Å². The van der Waals surface area contributed by atoms with Gasteiger partial charge in [0.25, 0.3) is 0 Å². The fraction of sp³-hybridized carbons (Fsp3) is 0.800. The Hall–Kier alpha value is 1.12. The molecule has 0 aromatic rings. The molecule has 0 saturated carbocycles. The first-order chi connectivity index (χ1) is 3.72. The summed E-state index contributed by atoms with van der Waals surface area (Å²) >= 11 is 8.82. The van der Waals surface area contributed by atoms with Crippen LogP contribution in [0.5, 0.6) is 0 Å². The Balaban J connectivity index is -0.0000000408. The van der Waals surface area contributed by atoms with Crippen LogP contribution in [0.25, 0.3) is 0 Å². The molecule has 0 heterocycles. The Labute approximate surface area is 106 Å². The average molecular weight is 227 g/mol. The predicted molar refractivity (Wildman–Crippen MR) is 62.5 cm³/mol. The number of thiol groups is 1. The van der Waals surface area contributed by atoms with E-state index in [1.807, 2.05) is 4.90 Å². The number of hydrogen-bond donors (Lipinski definition) is 1. The van der Waals surface area contributed by atoms with Gasteiger partial charge in [0.15, 0.2) is 0 Å². The first kappa shape index (κ1) is 29.2. The van der Waals surface area contributed by atoms with Crippen LogP contribution < -0.4 is 0 Å². The van der Waals surface area contributed by atoms with Gasteiger partial charge in [-0.25, -0.2) is 0 Å². The number of thiocarbonyl (C=S) groups is 1. The van der Waals surface area contributed by atoms with E-state index in [0.717, 1.165) is 13.1 Å². The van der Waals surface area contributed by atoms with Gasteiger partial charge >= 0.3 is 29.6 Å². The van der Waals surface area contributed by atoms with Gasteiger partial charge in [0.05, 0.1) is 0 Å². The molecule has 0 aliphatic carbocycles. The van der Waals surface area contributed by atoms with Crippen LogP contribution in [0.15, 0.2) is 0 Å². The topological polar surface area (TPSA) is 97.7 Å². The molecule has 0 radical (unpaired) electrons. The molecule has 12 heavy (non-hydrogen) atoms. The molecule has 0 aromatic carbocycles. The minimum absolute atomic E-state index is 0. The molecule has 0 saturated heterocycles. The van der Waals surface area contributed by atoms with Gasteiger partial charge in [-0.3, -0.25) is 0 Å². The van der Waals surface area contributed by atoms with Crippen molar-refractivity contribution < 1.29 is 16.4 Å². The summed E-state index contributed by atoms with van der Waals surface area (Å²) in [6.45, 7) is 6.04. The maximum atomic E-state index is 4.81. The summed E-state index contributed by atoms with van der Waals surface area (Å²) < 4.78 is 0.690. The predicted octanol–water partition coefficient (Wildman–Crippen LogP) is -1.58. The van der Waals surface area contributed by atoms with Crippen molar-refractivity contribution in [3.8, 4) is 0 Å². The van der Waals surface area contributed by atoms with Crippen LogP contribution in [-0.4, -0.2) is 68.3 Å². The molecule has 0 aromatic heterocycles. The fourth-order valence-corrected chi connectivity index (χ4v) is 1.04. The molecule has 6 N–H and O–H groups in total. The van der Waals surface area contributed by atoms with Gasteiger partial charge in [-0.1, -0.05) is 12.2 Å². The average Bonchev–Trinajstić information content (AvgIpc) is 1.69. The van der Waals surface area contributed by atoms with Crippen LogP contribution in [0, 0.1) is 0 Å². The second-order valence-corrected chi connectivity index (χ2v) is 2.57. The van der Waals surface area contributed by atoms with Gasteiger partial charge < -0.3 is 21.3 Å². The summed E-state index contributed by atoms with van der Waals surface area (Å²) in [4.78, 5) is 2.01. The summed E-state index contributed by atoms with van der Waals surface area (Å²) in [6.07, 6.45) is 0. The van der Waals surface area contributed by atoms with Crippen LogP contribution in [0.2, 0.25) is 0 Å². The number of nitrogens with zero attached hydrogens (tertiary/aromatic N) is 1. The quantitative estimate of drug-likeness (QED) is 0.350. The van der Waals surface area contributed by atoms with E-state index in [-0.39, 0.29) is 46.0 Å². The van der Waals surface area contributed by atoms with Crippen LogP contribution in [0.1, 0.15) is 13.8 Å². The Bertz CT molecular complexity index is 92.8. The molecule has 7 heteroatoms. The first-order valence-corrected chi connectivity index (χ1v) is 3.55. The zero-order chi connectivity index (χ0) is 6.57. The number of hydrogen-bond acceptors (Lipinski definition) is 1. The van der Waals surface area contributed by atoms with Crippen molar-refractivity contribution in [1.82, 2.24) is 4.90 Å². The third-order valence-electron chi connectivity index (χ3n) is 1.03. The summed E-state index contributed by atoms with van der Waals surface area (Å²) in [5, 5.41) is 0. The molecular formula is C5H18NNaO3S2. The maximum absolute atomic E-state index is 4.81. The Kier molecular flexibility index (Phi) is 43.9. The van der Waals surface area contributed by atoms with Gasteiger partial charge in [0.2, 0.25) is 0 Å².